The summed E-state index contributed by atoms with van der Waals surface area (Å²) in [7, 11) is 0. The number of ether oxygens (including phenoxy) is 1. The van der Waals surface area contributed by atoms with Crippen molar-refractivity contribution in [2.24, 2.45) is 0 Å². The van der Waals surface area contributed by atoms with Gasteiger partial charge in [-0.3, -0.25) is 4.79 Å². The summed E-state index contributed by atoms with van der Waals surface area (Å²) in [6, 6.07) is 3.99. The molecule has 29 heavy (non-hydrogen) atoms. The van der Waals surface area contributed by atoms with Gasteiger partial charge in [-0.1, -0.05) is 0 Å². The summed E-state index contributed by atoms with van der Waals surface area (Å²) in [6.45, 7) is 6.73. The van der Waals surface area contributed by atoms with Crippen molar-refractivity contribution in [3.8, 4) is 6.01 Å². The van der Waals surface area contributed by atoms with Crippen molar-refractivity contribution < 1.29 is 9.53 Å². The van der Waals surface area contributed by atoms with E-state index in [1.807, 2.05) is 6.92 Å². The molecular formula is C20H27N7O2. The number of aromatic nitrogens is 4. The maximum atomic E-state index is 12.4. The maximum Gasteiger partial charge on any atom is 0.316 e. The molecule has 0 radical (unpaired) electrons. The minimum absolute atomic E-state index is 0.0515. The van der Waals surface area contributed by atoms with Crippen LogP contribution in [0.1, 0.15) is 25.0 Å². The molecule has 4 rings (SSSR count). The molecule has 1 amide bonds. The Bertz CT molecular complexity index is 819. The summed E-state index contributed by atoms with van der Waals surface area (Å²) in [5.41, 5.74) is 0.977. The minimum Gasteiger partial charge on any atom is -0.453 e. The van der Waals surface area contributed by atoms with E-state index >= 15 is 0 Å². The van der Waals surface area contributed by atoms with Crippen LogP contribution in [0.25, 0.3) is 0 Å². The van der Waals surface area contributed by atoms with Gasteiger partial charge < -0.3 is 19.4 Å². The third-order valence-corrected chi connectivity index (χ3v) is 5.29. The van der Waals surface area contributed by atoms with E-state index in [1.54, 1.807) is 23.4 Å². The van der Waals surface area contributed by atoms with Gasteiger partial charge in [-0.2, -0.15) is 4.98 Å². The first-order valence-electron chi connectivity index (χ1n) is 10.2. The first-order valence-corrected chi connectivity index (χ1v) is 10.2. The fraction of sp³-hybridized carbons (Fsp3) is 0.550. The van der Waals surface area contributed by atoms with Crippen LogP contribution in [0.3, 0.4) is 0 Å². The lowest BCUT2D eigenvalue weighted by Crippen LogP contribution is -2.50. The SMILES string of the molecule is Cc1cc(N2CCCCC2)nc(N2CCN(C(=O)COc3ncccn3)CC2)n1. The van der Waals surface area contributed by atoms with E-state index < -0.39 is 0 Å². The highest BCUT2D eigenvalue weighted by atomic mass is 16.5. The Morgan fingerprint density at radius 2 is 1.69 bits per heavy atom. The molecule has 0 bridgehead atoms. The normalized spacial score (nSPS) is 17.3. The van der Waals surface area contributed by atoms with Crippen LogP contribution in [0.15, 0.2) is 24.5 Å². The van der Waals surface area contributed by atoms with Crippen molar-refractivity contribution in [2.75, 3.05) is 55.7 Å². The number of carbonyl (C=O) groups is 1. The number of aryl methyl sites for hydroxylation is 1. The highest BCUT2D eigenvalue weighted by molar-refractivity contribution is 5.78. The highest BCUT2D eigenvalue weighted by Gasteiger charge is 2.24. The summed E-state index contributed by atoms with van der Waals surface area (Å²) in [5.74, 6) is 1.71. The molecule has 0 saturated carbocycles. The molecule has 2 fully saturated rings. The average molecular weight is 397 g/mol. The zero-order chi connectivity index (χ0) is 20.1. The molecule has 2 aromatic rings. The van der Waals surface area contributed by atoms with Gasteiger partial charge in [-0.25, -0.2) is 15.0 Å². The van der Waals surface area contributed by atoms with Gasteiger partial charge in [0.2, 0.25) is 5.95 Å². The Hall–Kier alpha value is -2.97. The van der Waals surface area contributed by atoms with Gasteiger partial charge in [0.05, 0.1) is 0 Å². The monoisotopic (exact) mass is 397 g/mol. The number of piperidine rings is 1. The molecule has 2 aliphatic heterocycles. The first kappa shape index (κ1) is 19.4. The Morgan fingerprint density at radius 3 is 2.41 bits per heavy atom. The smallest absolute Gasteiger partial charge is 0.316 e. The summed E-state index contributed by atoms with van der Waals surface area (Å²) in [6.07, 6.45) is 6.91. The molecule has 0 unspecified atom stereocenters. The predicted octanol–water partition coefficient (Wildman–Crippen LogP) is 1.29. The lowest BCUT2D eigenvalue weighted by molar-refractivity contribution is -0.133. The fourth-order valence-electron chi connectivity index (χ4n) is 3.70. The number of hydrogen-bond donors (Lipinski definition) is 0. The first-order chi connectivity index (χ1) is 14.2. The summed E-state index contributed by atoms with van der Waals surface area (Å²) in [4.78, 5) is 36.1. The third kappa shape index (κ3) is 4.90. The quantitative estimate of drug-likeness (QED) is 0.746. The number of piperazine rings is 1. The number of rotatable bonds is 5. The molecule has 4 heterocycles. The molecule has 0 aliphatic carbocycles. The van der Waals surface area contributed by atoms with Crippen molar-refractivity contribution in [3.63, 3.8) is 0 Å². The van der Waals surface area contributed by atoms with Crippen LogP contribution in [0.4, 0.5) is 11.8 Å². The molecule has 0 atom stereocenters. The van der Waals surface area contributed by atoms with Crippen LogP contribution < -0.4 is 14.5 Å². The third-order valence-electron chi connectivity index (χ3n) is 5.29. The maximum absolute atomic E-state index is 12.4. The van der Waals surface area contributed by atoms with Crippen LogP contribution in [-0.2, 0) is 4.79 Å². The van der Waals surface area contributed by atoms with Gasteiger partial charge in [0, 0.05) is 63.4 Å². The van der Waals surface area contributed by atoms with Crippen molar-refractivity contribution in [1.82, 2.24) is 24.8 Å². The van der Waals surface area contributed by atoms with E-state index in [0.717, 1.165) is 30.5 Å². The van der Waals surface area contributed by atoms with E-state index in [1.165, 1.54) is 19.3 Å². The largest absolute Gasteiger partial charge is 0.453 e. The Kier molecular flexibility index (Phi) is 6.02. The second-order valence-corrected chi connectivity index (χ2v) is 7.40. The van der Waals surface area contributed by atoms with Crippen molar-refractivity contribution in [1.29, 1.82) is 0 Å². The second kappa shape index (κ2) is 9.02. The van der Waals surface area contributed by atoms with Crippen molar-refractivity contribution in [2.45, 2.75) is 26.2 Å². The topological polar surface area (TPSA) is 87.6 Å². The molecule has 0 aromatic carbocycles. The second-order valence-electron chi connectivity index (χ2n) is 7.40. The molecule has 2 saturated heterocycles. The van der Waals surface area contributed by atoms with Crippen molar-refractivity contribution >= 4 is 17.7 Å². The summed E-state index contributed by atoms with van der Waals surface area (Å²) in [5, 5.41) is 0. The number of carbonyl (C=O) groups excluding carboxylic acids is 1. The zero-order valence-electron chi connectivity index (χ0n) is 16.8. The van der Waals surface area contributed by atoms with E-state index in [2.05, 4.69) is 30.8 Å². The summed E-state index contributed by atoms with van der Waals surface area (Å²) < 4.78 is 5.37. The summed E-state index contributed by atoms with van der Waals surface area (Å²) >= 11 is 0. The van der Waals surface area contributed by atoms with Crippen LogP contribution in [0, 0.1) is 6.92 Å². The van der Waals surface area contributed by atoms with Gasteiger partial charge in [0.25, 0.3) is 5.91 Å². The van der Waals surface area contributed by atoms with Gasteiger partial charge >= 0.3 is 6.01 Å². The molecule has 9 heteroatoms. The Morgan fingerprint density at radius 1 is 0.966 bits per heavy atom. The Balaban J connectivity index is 1.33. The molecule has 0 spiro atoms. The standard InChI is InChI=1S/C20H27N7O2/c1-16-14-17(25-8-3-2-4-9-25)24-19(23-16)27-12-10-26(11-13-27)18(28)15-29-20-21-6-5-7-22-20/h5-7,14H,2-4,8-13,15H2,1H3. The minimum atomic E-state index is -0.0590. The van der Waals surface area contributed by atoms with Crippen LogP contribution >= 0.6 is 0 Å². The fourth-order valence-corrected chi connectivity index (χ4v) is 3.70. The average Bonchev–Trinajstić information content (AvgIpc) is 2.78. The molecule has 2 aromatic heterocycles. The van der Waals surface area contributed by atoms with Crippen LogP contribution in [0.5, 0.6) is 6.01 Å². The van der Waals surface area contributed by atoms with Gasteiger partial charge in [-0.05, 0) is 32.3 Å². The predicted molar refractivity (Wildman–Crippen MR) is 109 cm³/mol. The highest BCUT2D eigenvalue weighted by Crippen LogP contribution is 2.22. The zero-order valence-corrected chi connectivity index (χ0v) is 16.8. The van der Waals surface area contributed by atoms with Gasteiger partial charge in [0.1, 0.15) is 5.82 Å². The molecule has 154 valence electrons. The van der Waals surface area contributed by atoms with Gasteiger partial charge in [-0.15, -0.1) is 0 Å². The lowest BCUT2D eigenvalue weighted by atomic mass is 10.1. The van der Waals surface area contributed by atoms with Gasteiger partial charge in [0.15, 0.2) is 6.61 Å². The van der Waals surface area contributed by atoms with E-state index in [-0.39, 0.29) is 18.5 Å². The van der Waals surface area contributed by atoms with E-state index in [0.29, 0.717) is 26.2 Å². The molecule has 9 nitrogen and oxygen atoms in total. The number of hydrogen-bond acceptors (Lipinski definition) is 8. The molecule has 0 N–H and O–H groups in total. The molecular weight excluding hydrogens is 370 g/mol. The van der Waals surface area contributed by atoms with Crippen molar-refractivity contribution in [3.05, 3.63) is 30.2 Å². The van der Waals surface area contributed by atoms with E-state index in [9.17, 15) is 4.79 Å². The Labute approximate surface area is 170 Å². The number of nitrogens with zero attached hydrogens (tertiary/aromatic N) is 7. The van der Waals surface area contributed by atoms with Crippen LogP contribution in [-0.4, -0.2) is 76.6 Å². The molecule has 2 aliphatic rings. The van der Waals surface area contributed by atoms with Crippen LogP contribution in [0.2, 0.25) is 0 Å². The lowest BCUT2D eigenvalue weighted by Gasteiger charge is -2.35. The van der Waals surface area contributed by atoms with E-state index in [4.69, 9.17) is 9.72 Å². The number of anilines is 2. The number of amides is 1.